The van der Waals surface area contributed by atoms with Crippen molar-refractivity contribution in [3.8, 4) is 0 Å². The van der Waals surface area contributed by atoms with Crippen LogP contribution in [0.2, 0.25) is 0 Å². The minimum Gasteiger partial charge on any atom is -0.464 e. The zero-order chi connectivity index (χ0) is 20.4. The summed E-state index contributed by atoms with van der Waals surface area (Å²) >= 11 is 0. The smallest absolute Gasteiger partial charge is 0.225 e. The summed E-state index contributed by atoms with van der Waals surface area (Å²) in [4.78, 5) is 24.1. The lowest BCUT2D eigenvalue weighted by Crippen LogP contribution is -2.28. The maximum absolute atomic E-state index is 12.6. The highest BCUT2D eigenvalue weighted by atomic mass is 16.3. The van der Waals surface area contributed by atoms with Crippen LogP contribution >= 0.6 is 0 Å². The Hall–Kier alpha value is -3.08. The summed E-state index contributed by atoms with van der Waals surface area (Å²) < 4.78 is 5.70. The van der Waals surface area contributed by atoms with E-state index >= 15 is 0 Å². The lowest BCUT2D eigenvalue weighted by atomic mass is 10.0. The largest absolute Gasteiger partial charge is 0.464 e. The first-order chi connectivity index (χ1) is 14.0. The second kappa shape index (κ2) is 8.11. The summed E-state index contributed by atoms with van der Waals surface area (Å²) in [5, 5.41) is 6.93. The van der Waals surface area contributed by atoms with Gasteiger partial charge in [-0.1, -0.05) is 19.1 Å². The van der Waals surface area contributed by atoms with Crippen molar-refractivity contribution in [2.75, 3.05) is 5.32 Å². The summed E-state index contributed by atoms with van der Waals surface area (Å²) in [5.41, 5.74) is 6.29. The summed E-state index contributed by atoms with van der Waals surface area (Å²) in [5.74, 6) is -0.0545. The predicted molar refractivity (Wildman–Crippen MR) is 114 cm³/mol. The van der Waals surface area contributed by atoms with Crippen molar-refractivity contribution in [1.29, 1.82) is 0 Å². The van der Waals surface area contributed by atoms with Crippen LogP contribution in [-0.4, -0.2) is 11.8 Å². The molecule has 150 valence electrons. The van der Waals surface area contributed by atoms with Gasteiger partial charge in [0.05, 0.1) is 18.7 Å². The monoisotopic (exact) mass is 390 g/mol. The zero-order valence-electron chi connectivity index (χ0n) is 16.9. The Kier molecular flexibility index (Phi) is 5.38. The molecule has 29 heavy (non-hydrogen) atoms. The van der Waals surface area contributed by atoms with E-state index in [0.29, 0.717) is 12.8 Å². The van der Waals surface area contributed by atoms with Crippen molar-refractivity contribution in [2.24, 2.45) is 0 Å². The first-order valence-corrected chi connectivity index (χ1v) is 10.2. The first-order valence-electron chi connectivity index (χ1n) is 10.2. The lowest BCUT2D eigenvalue weighted by molar-refractivity contribution is -0.121. The van der Waals surface area contributed by atoms with Crippen LogP contribution in [0.1, 0.15) is 55.0 Å². The van der Waals surface area contributed by atoms with Crippen molar-refractivity contribution >= 4 is 28.5 Å². The molecule has 0 bridgehead atoms. The summed E-state index contributed by atoms with van der Waals surface area (Å²) in [6.45, 7) is 3.77. The molecule has 1 aliphatic rings. The molecule has 0 radical (unpaired) electrons. The van der Waals surface area contributed by atoms with Crippen LogP contribution in [0.25, 0.3) is 11.0 Å². The average molecular weight is 390 g/mol. The van der Waals surface area contributed by atoms with Crippen LogP contribution in [0.4, 0.5) is 5.69 Å². The van der Waals surface area contributed by atoms with E-state index in [4.69, 9.17) is 4.42 Å². The van der Waals surface area contributed by atoms with E-state index in [2.05, 4.69) is 22.8 Å². The molecule has 2 N–H and O–H groups in total. The van der Waals surface area contributed by atoms with E-state index in [1.165, 1.54) is 17.5 Å². The highest BCUT2D eigenvalue weighted by Gasteiger charge is 2.17. The highest BCUT2D eigenvalue weighted by Crippen LogP contribution is 2.30. The number of benzene rings is 2. The molecule has 1 aliphatic carbocycles. The summed E-state index contributed by atoms with van der Waals surface area (Å²) in [6, 6.07) is 11.8. The number of carbonyl (C=O) groups excluding carboxylic acids is 2. The van der Waals surface area contributed by atoms with E-state index in [1.54, 1.807) is 6.26 Å². The molecule has 0 fully saturated rings. The molecule has 3 aromatic rings. The average Bonchev–Trinajstić information content (AvgIpc) is 3.33. The quantitative estimate of drug-likeness (QED) is 0.641. The topological polar surface area (TPSA) is 71.3 Å². The molecule has 5 heteroatoms. The number of anilines is 1. The molecule has 1 heterocycles. The second-order valence-corrected chi connectivity index (χ2v) is 7.72. The Morgan fingerprint density at radius 3 is 2.52 bits per heavy atom. The van der Waals surface area contributed by atoms with Gasteiger partial charge in [0.1, 0.15) is 5.58 Å². The first kappa shape index (κ1) is 19.2. The molecule has 0 spiro atoms. The van der Waals surface area contributed by atoms with E-state index in [1.807, 2.05) is 38.1 Å². The second-order valence-electron chi connectivity index (χ2n) is 7.72. The number of furan rings is 1. The van der Waals surface area contributed by atoms with Crippen LogP contribution in [0, 0.1) is 0 Å². The van der Waals surface area contributed by atoms with Gasteiger partial charge in [-0.2, -0.15) is 0 Å². The summed E-state index contributed by atoms with van der Waals surface area (Å²) in [6.07, 6.45) is 5.85. The van der Waals surface area contributed by atoms with Crippen molar-refractivity contribution in [3.05, 3.63) is 64.9 Å². The molecule has 2 amide bonds. The Labute approximate surface area is 170 Å². The van der Waals surface area contributed by atoms with Gasteiger partial charge in [0.15, 0.2) is 0 Å². The molecule has 1 atom stereocenters. The maximum Gasteiger partial charge on any atom is 0.225 e. The summed E-state index contributed by atoms with van der Waals surface area (Å²) in [7, 11) is 0. The minimum absolute atomic E-state index is 0.0166. The SMILES string of the molecule is CCC(=O)Nc1ccc(C(C)NC(=O)Cc2coc3cc4c(cc23)CCC4)cc1. The molecule has 2 aromatic carbocycles. The van der Waals surface area contributed by atoms with Crippen LogP contribution in [0.5, 0.6) is 0 Å². The molecule has 1 unspecified atom stereocenters. The van der Waals surface area contributed by atoms with E-state index < -0.39 is 0 Å². The molecule has 0 aliphatic heterocycles. The normalized spacial score (nSPS) is 13.9. The van der Waals surface area contributed by atoms with Gasteiger partial charge in [-0.25, -0.2) is 0 Å². The molecular weight excluding hydrogens is 364 g/mol. The van der Waals surface area contributed by atoms with E-state index in [9.17, 15) is 9.59 Å². The fourth-order valence-corrected chi connectivity index (χ4v) is 3.94. The van der Waals surface area contributed by atoms with E-state index in [0.717, 1.165) is 40.6 Å². The lowest BCUT2D eigenvalue weighted by Gasteiger charge is -2.15. The molecule has 0 saturated carbocycles. The number of hydrogen-bond donors (Lipinski definition) is 2. The van der Waals surface area contributed by atoms with Gasteiger partial charge < -0.3 is 15.1 Å². The van der Waals surface area contributed by atoms with Crippen LogP contribution in [0.3, 0.4) is 0 Å². The van der Waals surface area contributed by atoms with Gasteiger partial charge in [-0.3, -0.25) is 9.59 Å². The molecule has 1 aromatic heterocycles. The Bertz CT molecular complexity index is 1050. The number of carbonyl (C=O) groups is 2. The zero-order valence-corrected chi connectivity index (χ0v) is 16.9. The number of fused-ring (bicyclic) bond motifs is 2. The fourth-order valence-electron chi connectivity index (χ4n) is 3.94. The van der Waals surface area contributed by atoms with Gasteiger partial charge in [-0.05, 0) is 67.1 Å². The van der Waals surface area contributed by atoms with Gasteiger partial charge in [-0.15, -0.1) is 0 Å². The van der Waals surface area contributed by atoms with E-state index in [-0.39, 0.29) is 17.9 Å². The maximum atomic E-state index is 12.6. The van der Waals surface area contributed by atoms with Gasteiger partial charge >= 0.3 is 0 Å². The third kappa shape index (κ3) is 4.19. The Morgan fingerprint density at radius 1 is 1.07 bits per heavy atom. The Balaban J connectivity index is 1.40. The fraction of sp³-hybridized carbons (Fsp3) is 0.333. The molecule has 5 nitrogen and oxygen atoms in total. The highest BCUT2D eigenvalue weighted by molar-refractivity contribution is 5.90. The van der Waals surface area contributed by atoms with Gasteiger partial charge in [0.2, 0.25) is 11.8 Å². The van der Waals surface area contributed by atoms with Crippen LogP contribution in [-0.2, 0) is 28.9 Å². The number of aryl methyl sites for hydroxylation is 2. The third-order valence-corrected chi connectivity index (χ3v) is 5.61. The van der Waals surface area contributed by atoms with Gasteiger partial charge in [0.25, 0.3) is 0 Å². The molecule has 4 rings (SSSR count). The van der Waals surface area contributed by atoms with Crippen molar-refractivity contribution in [2.45, 2.75) is 52.0 Å². The van der Waals surface area contributed by atoms with Crippen LogP contribution in [0.15, 0.2) is 47.1 Å². The Morgan fingerprint density at radius 2 is 1.79 bits per heavy atom. The van der Waals surface area contributed by atoms with Crippen LogP contribution < -0.4 is 10.6 Å². The molecule has 0 saturated heterocycles. The predicted octanol–water partition coefficient (Wildman–Crippen LogP) is 4.69. The van der Waals surface area contributed by atoms with Gasteiger partial charge in [0, 0.05) is 23.1 Å². The number of amides is 2. The third-order valence-electron chi connectivity index (χ3n) is 5.61. The minimum atomic E-state index is -0.124. The number of nitrogens with one attached hydrogen (secondary N) is 2. The van der Waals surface area contributed by atoms with Crippen molar-refractivity contribution in [1.82, 2.24) is 5.32 Å². The number of rotatable bonds is 6. The molecular formula is C24H26N2O3. The standard InChI is InChI=1S/C24H26N2O3/c1-3-23(27)26-20-9-7-16(8-10-20)15(2)25-24(28)13-19-14-29-22-12-18-6-4-5-17(18)11-21(19)22/h7-12,14-15H,3-6,13H2,1-2H3,(H,25,28)(H,26,27). The number of hydrogen-bond acceptors (Lipinski definition) is 3. The van der Waals surface area contributed by atoms with Crippen molar-refractivity contribution < 1.29 is 14.0 Å². The van der Waals surface area contributed by atoms with Crippen molar-refractivity contribution in [3.63, 3.8) is 0 Å².